The normalized spacial score (nSPS) is 24.4. The highest BCUT2D eigenvalue weighted by Gasteiger charge is 2.13. The molecule has 0 N–H and O–H groups in total. The standard InChI is InChI=1S/C23H18O2/c1-18-9-3-4-10-19(2)12-8-16-23(25)21-14-6-5-13-20(17-21)22(24)15-7-11-18/h5-8,11-16H,17H2,1-2H3/b15-7-,16-8+,18-11+,19-12-. The molecule has 0 fully saturated rings. The smallest absolute Gasteiger partial charge is 0.182 e. The molecule has 0 aromatic heterocycles. The molecule has 0 unspecified atom stereocenters. The molecule has 0 aromatic carbocycles. The van der Waals surface area contributed by atoms with Crippen LogP contribution in [0.2, 0.25) is 0 Å². The minimum absolute atomic E-state index is 0.119. The summed E-state index contributed by atoms with van der Waals surface area (Å²) < 4.78 is 0. The van der Waals surface area contributed by atoms with Crippen LogP contribution >= 0.6 is 0 Å². The maximum Gasteiger partial charge on any atom is 0.182 e. The SMILES string of the molecule is C/C1=C/C=C/C(=O)C2=CC=CC=C(C2)C(=O)/C=C\C=C(/C)C#CC#C1. The lowest BCUT2D eigenvalue weighted by molar-refractivity contribution is -0.111. The van der Waals surface area contributed by atoms with E-state index in [9.17, 15) is 9.59 Å². The molecule has 0 amide bonds. The van der Waals surface area contributed by atoms with Crippen molar-refractivity contribution in [3.05, 3.63) is 83.1 Å². The molecule has 0 saturated carbocycles. The van der Waals surface area contributed by atoms with Gasteiger partial charge >= 0.3 is 0 Å². The van der Waals surface area contributed by atoms with Crippen LogP contribution in [0.25, 0.3) is 0 Å². The van der Waals surface area contributed by atoms with Crippen molar-refractivity contribution in [2.45, 2.75) is 20.3 Å². The molecule has 25 heavy (non-hydrogen) atoms. The molecule has 0 saturated heterocycles. The fourth-order valence-electron chi connectivity index (χ4n) is 2.12. The van der Waals surface area contributed by atoms with Gasteiger partial charge in [-0.2, -0.15) is 0 Å². The molecule has 2 bridgehead atoms. The van der Waals surface area contributed by atoms with Crippen LogP contribution in [-0.2, 0) is 9.59 Å². The zero-order valence-electron chi connectivity index (χ0n) is 14.3. The van der Waals surface area contributed by atoms with E-state index in [0.717, 1.165) is 11.1 Å². The molecule has 2 aliphatic rings. The molecule has 0 aromatic rings. The molecule has 2 rings (SSSR count). The summed E-state index contributed by atoms with van der Waals surface area (Å²) in [7, 11) is 0. The summed E-state index contributed by atoms with van der Waals surface area (Å²) in [5, 5.41) is 0. The molecule has 0 heterocycles. The van der Waals surface area contributed by atoms with Gasteiger partial charge in [0.1, 0.15) is 0 Å². The van der Waals surface area contributed by atoms with E-state index in [1.54, 1.807) is 48.6 Å². The van der Waals surface area contributed by atoms with Crippen molar-refractivity contribution in [1.29, 1.82) is 0 Å². The summed E-state index contributed by atoms with van der Waals surface area (Å²) >= 11 is 0. The van der Waals surface area contributed by atoms with E-state index < -0.39 is 0 Å². The fourth-order valence-corrected chi connectivity index (χ4v) is 2.12. The van der Waals surface area contributed by atoms with Crippen molar-refractivity contribution in [3.8, 4) is 23.7 Å². The van der Waals surface area contributed by atoms with Gasteiger partial charge in [0.15, 0.2) is 11.6 Å². The Morgan fingerprint density at radius 1 is 0.680 bits per heavy atom. The van der Waals surface area contributed by atoms with Gasteiger partial charge in [-0.1, -0.05) is 60.4 Å². The summed E-state index contributed by atoms with van der Waals surface area (Å²) in [6.07, 6.45) is 17.2. The maximum absolute atomic E-state index is 12.3. The van der Waals surface area contributed by atoms with Gasteiger partial charge in [0.05, 0.1) is 0 Å². The van der Waals surface area contributed by atoms with E-state index in [4.69, 9.17) is 0 Å². The highest BCUT2D eigenvalue weighted by molar-refractivity contribution is 6.09. The second kappa shape index (κ2) is 9.06. The molecule has 2 aliphatic carbocycles. The number of hydrogen-bond acceptors (Lipinski definition) is 2. The first-order valence-corrected chi connectivity index (χ1v) is 7.93. The Hall–Kier alpha value is -3.36. The van der Waals surface area contributed by atoms with Gasteiger partial charge in [-0.15, -0.1) is 0 Å². The second-order valence-corrected chi connectivity index (χ2v) is 5.59. The van der Waals surface area contributed by atoms with Gasteiger partial charge in [-0.25, -0.2) is 0 Å². The van der Waals surface area contributed by atoms with E-state index in [0.29, 0.717) is 17.6 Å². The lowest BCUT2D eigenvalue weighted by Crippen LogP contribution is -2.05. The highest BCUT2D eigenvalue weighted by atomic mass is 16.1. The average molecular weight is 326 g/mol. The highest BCUT2D eigenvalue weighted by Crippen LogP contribution is 2.18. The topological polar surface area (TPSA) is 34.1 Å². The summed E-state index contributed by atoms with van der Waals surface area (Å²) in [4.78, 5) is 24.7. The maximum atomic E-state index is 12.3. The van der Waals surface area contributed by atoms with Gasteiger partial charge < -0.3 is 0 Å². The van der Waals surface area contributed by atoms with Crippen molar-refractivity contribution in [2.24, 2.45) is 0 Å². The Morgan fingerprint density at radius 3 is 1.56 bits per heavy atom. The van der Waals surface area contributed by atoms with Crippen LogP contribution in [-0.4, -0.2) is 11.6 Å². The van der Waals surface area contributed by atoms with Crippen LogP contribution in [0.15, 0.2) is 83.1 Å². The first kappa shape index (κ1) is 18.0. The number of rotatable bonds is 0. The Morgan fingerprint density at radius 2 is 1.12 bits per heavy atom. The van der Waals surface area contributed by atoms with Crippen molar-refractivity contribution in [2.75, 3.05) is 0 Å². The third kappa shape index (κ3) is 5.98. The molecule has 0 radical (unpaired) electrons. The molecule has 122 valence electrons. The number of hydrogen-bond donors (Lipinski definition) is 0. The fraction of sp³-hybridized carbons (Fsp3) is 0.130. The van der Waals surface area contributed by atoms with Gasteiger partial charge in [-0.05, 0) is 49.0 Å². The summed E-state index contributed by atoms with van der Waals surface area (Å²) in [6, 6.07) is 0. The lowest BCUT2D eigenvalue weighted by Gasteiger charge is -2.04. The van der Waals surface area contributed by atoms with Crippen molar-refractivity contribution < 1.29 is 9.59 Å². The minimum atomic E-state index is -0.119. The minimum Gasteiger partial charge on any atom is -0.290 e. The average Bonchev–Trinajstić information content (AvgIpc) is 2.84. The number of carbonyl (C=O) groups excluding carboxylic acids is 2. The van der Waals surface area contributed by atoms with Crippen LogP contribution in [0.4, 0.5) is 0 Å². The molecule has 2 heteroatoms. The first-order valence-electron chi connectivity index (χ1n) is 7.93. The van der Waals surface area contributed by atoms with E-state index in [-0.39, 0.29) is 11.6 Å². The molecular weight excluding hydrogens is 308 g/mol. The Balaban J connectivity index is 2.42. The van der Waals surface area contributed by atoms with Crippen LogP contribution in [0.3, 0.4) is 0 Å². The van der Waals surface area contributed by atoms with Crippen LogP contribution in [0.5, 0.6) is 0 Å². The van der Waals surface area contributed by atoms with E-state index in [1.807, 2.05) is 13.8 Å². The number of fused-ring (bicyclic) bond motifs is 2. The van der Waals surface area contributed by atoms with Gasteiger partial charge in [0, 0.05) is 17.6 Å². The van der Waals surface area contributed by atoms with E-state index in [1.165, 1.54) is 12.2 Å². The van der Waals surface area contributed by atoms with E-state index >= 15 is 0 Å². The number of carbonyl (C=O) groups is 2. The zero-order valence-corrected chi connectivity index (χ0v) is 14.3. The van der Waals surface area contributed by atoms with Gasteiger partial charge in [-0.3, -0.25) is 9.59 Å². The van der Waals surface area contributed by atoms with Crippen molar-refractivity contribution in [1.82, 2.24) is 0 Å². The largest absolute Gasteiger partial charge is 0.290 e. The Kier molecular flexibility index (Phi) is 6.52. The predicted octanol–water partition coefficient (Wildman–Crippen LogP) is 3.96. The summed E-state index contributed by atoms with van der Waals surface area (Å²) in [5.41, 5.74) is 2.79. The van der Waals surface area contributed by atoms with Crippen LogP contribution in [0, 0.1) is 23.7 Å². The zero-order chi connectivity index (χ0) is 18.1. The third-order valence-corrected chi connectivity index (χ3v) is 3.49. The van der Waals surface area contributed by atoms with Crippen LogP contribution < -0.4 is 0 Å². The van der Waals surface area contributed by atoms with Crippen molar-refractivity contribution in [3.63, 3.8) is 0 Å². The number of allylic oxidation sites excluding steroid dienone is 14. The summed E-state index contributed by atoms with van der Waals surface area (Å²) in [5.74, 6) is 11.1. The molecule has 2 nitrogen and oxygen atoms in total. The molecular formula is C23H18O2. The Bertz CT molecular complexity index is 842. The third-order valence-electron chi connectivity index (χ3n) is 3.49. The molecule has 0 aliphatic heterocycles. The predicted molar refractivity (Wildman–Crippen MR) is 101 cm³/mol. The molecule has 0 atom stereocenters. The van der Waals surface area contributed by atoms with Gasteiger partial charge in [0.2, 0.25) is 0 Å². The van der Waals surface area contributed by atoms with E-state index in [2.05, 4.69) is 23.7 Å². The quantitative estimate of drug-likeness (QED) is 0.631. The number of ketones is 2. The summed E-state index contributed by atoms with van der Waals surface area (Å²) in [6.45, 7) is 3.71. The Labute approximate surface area is 148 Å². The molecule has 0 spiro atoms. The van der Waals surface area contributed by atoms with Crippen LogP contribution in [0.1, 0.15) is 20.3 Å². The lowest BCUT2D eigenvalue weighted by atomic mass is 9.98. The van der Waals surface area contributed by atoms with Gasteiger partial charge in [0.25, 0.3) is 0 Å². The monoisotopic (exact) mass is 326 g/mol. The first-order chi connectivity index (χ1) is 12.1. The van der Waals surface area contributed by atoms with Crippen molar-refractivity contribution >= 4 is 11.6 Å². The second-order valence-electron chi connectivity index (χ2n) is 5.59.